The first-order valence-corrected chi connectivity index (χ1v) is 4.91. The van der Waals surface area contributed by atoms with Crippen LogP contribution in [0.1, 0.15) is 0 Å². The first kappa shape index (κ1) is 10.9. The van der Waals surface area contributed by atoms with Crippen molar-refractivity contribution < 1.29 is 10.0 Å². The summed E-state index contributed by atoms with van der Waals surface area (Å²) in [5.41, 5.74) is 7.32. The monoisotopic (exact) mass is 230 g/mol. The van der Waals surface area contributed by atoms with Crippen molar-refractivity contribution in [2.75, 3.05) is 5.73 Å². The van der Waals surface area contributed by atoms with E-state index in [4.69, 9.17) is 5.73 Å². The minimum Gasteiger partial charge on any atom is -0.502 e. The lowest BCUT2D eigenvalue weighted by Gasteiger charge is -2.03. The number of hydrogen-bond acceptors (Lipinski definition) is 4. The van der Waals surface area contributed by atoms with E-state index in [1.165, 1.54) is 12.1 Å². The van der Waals surface area contributed by atoms with E-state index in [9.17, 15) is 15.2 Å². The van der Waals surface area contributed by atoms with Crippen molar-refractivity contribution in [3.05, 3.63) is 52.6 Å². The highest BCUT2D eigenvalue weighted by Crippen LogP contribution is 2.31. The predicted molar refractivity (Wildman–Crippen MR) is 64.6 cm³/mol. The molecule has 3 N–H and O–H groups in total. The normalized spacial score (nSPS) is 10.1. The number of anilines is 1. The number of phenolic OH excluding ortho intramolecular Hbond substituents is 1. The van der Waals surface area contributed by atoms with Crippen LogP contribution < -0.4 is 5.73 Å². The Bertz CT molecular complexity index is 582. The third-order valence-electron chi connectivity index (χ3n) is 2.39. The van der Waals surface area contributed by atoms with Gasteiger partial charge in [-0.05, 0) is 29.3 Å². The fourth-order valence-corrected chi connectivity index (χ4v) is 1.57. The summed E-state index contributed by atoms with van der Waals surface area (Å²) >= 11 is 0. The van der Waals surface area contributed by atoms with Crippen molar-refractivity contribution in [1.29, 1.82) is 0 Å². The summed E-state index contributed by atoms with van der Waals surface area (Å²) < 4.78 is 0. The van der Waals surface area contributed by atoms with Crippen molar-refractivity contribution in [3.63, 3.8) is 0 Å². The number of nitro benzene ring substituents is 1. The molecule has 0 saturated heterocycles. The van der Waals surface area contributed by atoms with Gasteiger partial charge >= 0.3 is 5.69 Å². The second kappa shape index (κ2) is 4.13. The second-order valence-electron chi connectivity index (χ2n) is 3.59. The third-order valence-corrected chi connectivity index (χ3v) is 2.39. The molecule has 0 aliphatic carbocycles. The largest absolute Gasteiger partial charge is 0.502 e. The molecule has 0 unspecified atom stereocenters. The number of nitrogens with two attached hydrogens (primary N) is 1. The molecule has 2 aromatic carbocycles. The molecule has 0 heterocycles. The van der Waals surface area contributed by atoms with Gasteiger partial charge in [0.05, 0.1) is 4.92 Å². The molecule has 0 atom stereocenters. The topological polar surface area (TPSA) is 89.4 Å². The maximum absolute atomic E-state index is 10.7. The third kappa shape index (κ3) is 2.17. The van der Waals surface area contributed by atoms with Gasteiger partial charge in [-0.1, -0.05) is 18.2 Å². The lowest BCUT2D eigenvalue weighted by atomic mass is 10.0. The van der Waals surface area contributed by atoms with Crippen LogP contribution in [0.5, 0.6) is 5.75 Å². The van der Waals surface area contributed by atoms with Crippen molar-refractivity contribution in [3.8, 4) is 16.9 Å². The quantitative estimate of drug-likeness (QED) is 0.471. The number of benzene rings is 2. The van der Waals surface area contributed by atoms with E-state index in [2.05, 4.69) is 0 Å². The molecule has 5 nitrogen and oxygen atoms in total. The van der Waals surface area contributed by atoms with E-state index in [1.807, 2.05) is 0 Å². The zero-order valence-corrected chi connectivity index (χ0v) is 8.83. The number of rotatable bonds is 2. The van der Waals surface area contributed by atoms with Gasteiger partial charge in [-0.2, -0.15) is 0 Å². The van der Waals surface area contributed by atoms with Crippen molar-refractivity contribution in [2.24, 2.45) is 0 Å². The van der Waals surface area contributed by atoms with Gasteiger partial charge in [0.25, 0.3) is 0 Å². The molecular formula is C12H10N2O3. The van der Waals surface area contributed by atoms with Crippen LogP contribution in [-0.2, 0) is 0 Å². The summed E-state index contributed by atoms with van der Waals surface area (Å²) in [6, 6.07) is 11.3. The number of hydrogen-bond donors (Lipinski definition) is 2. The minimum atomic E-state index is -0.620. The van der Waals surface area contributed by atoms with Gasteiger partial charge in [0.2, 0.25) is 0 Å². The molecule has 0 radical (unpaired) electrons. The molecule has 2 aromatic rings. The average Bonchev–Trinajstić information content (AvgIpc) is 2.29. The van der Waals surface area contributed by atoms with Gasteiger partial charge in [-0.25, -0.2) is 0 Å². The summed E-state index contributed by atoms with van der Waals surface area (Å²) in [7, 11) is 0. The summed E-state index contributed by atoms with van der Waals surface area (Å²) in [6.07, 6.45) is 0. The Kier molecular flexibility index (Phi) is 2.66. The van der Waals surface area contributed by atoms with Crippen molar-refractivity contribution in [2.45, 2.75) is 0 Å². The first-order chi connectivity index (χ1) is 8.08. The lowest BCUT2D eigenvalue weighted by Crippen LogP contribution is -1.90. The molecule has 0 aliphatic heterocycles. The number of nitrogen functional groups attached to an aromatic ring is 1. The molecule has 0 aromatic heterocycles. The molecule has 0 aliphatic rings. The van der Waals surface area contributed by atoms with E-state index in [-0.39, 0.29) is 11.4 Å². The minimum absolute atomic E-state index is 0.315. The molecule has 0 fully saturated rings. The molecule has 0 bridgehead atoms. The van der Waals surface area contributed by atoms with E-state index >= 15 is 0 Å². The van der Waals surface area contributed by atoms with Crippen LogP contribution in [0.3, 0.4) is 0 Å². The number of phenols is 1. The van der Waals surface area contributed by atoms with Gasteiger partial charge in [0.1, 0.15) is 0 Å². The standard InChI is InChI=1S/C12H10N2O3/c13-10-3-1-2-8(6-10)9-4-5-12(15)11(7-9)14(16)17/h1-7,15H,13H2. The number of nitrogens with zero attached hydrogens (tertiary/aromatic N) is 1. The van der Waals surface area contributed by atoms with Gasteiger partial charge in [-0.15, -0.1) is 0 Å². The van der Waals surface area contributed by atoms with Crippen LogP contribution in [0, 0.1) is 10.1 Å². The molecule has 86 valence electrons. The van der Waals surface area contributed by atoms with E-state index < -0.39 is 4.92 Å². The van der Waals surface area contributed by atoms with Crippen molar-refractivity contribution >= 4 is 11.4 Å². The Hall–Kier alpha value is -2.56. The molecule has 17 heavy (non-hydrogen) atoms. The zero-order chi connectivity index (χ0) is 12.4. The second-order valence-corrected chi connectivity index (χ2v) is 3.59. The summed E-state index contributed by atoms with van der Waals surface area (Å²) in [6.45, 7) is 0. The molecule has 0 spiro atoms. The van der Waals surface area contributed by atoms with Crippen LogP contribution in [-0.4, -0.2) is 10.0 Å². The van der Waals surface area contributed by atoms with Crippen LogP contribution >= 0.6 is 0 Å². The maximum atomic E-state index is 10.7. The molecular weight excluding hydrogens is 220 g/mol. The zero-order valence-electron chi connectivity index (χ0n) is 8.83. The molecule has 0 amide bonds. The molecule has 0 saturated carbocycles. The van der Waals surface area contributed by atoms with Gasteiger partial charge in [0, 0.05) is 11.8 Å². The fraction of sp³-hybridized carbons (Fsp3) is 0. The number of aromatic hydroxyl groups is 1. The van der Waals surface area contributed by atoms with Crippen LogP contribution in [0.4, 0.5) is 11.4 Å². The highest BCUT2D eigenvalue weighted by Gasteiger charge is 2.14. The molecule has 5 heteroatoms. The Morgan fingerprint density at radius 2 is 1.82 bits per heavy atom. The van der Waals surface area contributed by atoms with Crippen LogP contribution in [0.2, 0.25) is 0 Å². The first-order valence-electron chi connectivity index (χ1n) is 4.91. The highest BCUT2D eigenvalue weighted by atomic mass is 16.6. The highest BCUT2D eigenvalue weighted by molar-refractivity contribution is 5.71. The Balaban J connectivity index is 2.54. The van der Waals surface area contributed by atoms with Gasteiger partial charge in [0.15, 0.2) is 5.75 Å². The van der Waals surface area contributed by atoms with Gasteiger partial charge in [-0.3, -0.25) is 10.1 Å². The van der Waals surface area contributed by atoms with Crippen LogP contribution in [0.25, 0.3) is 11.1 Å². The Morgan fingerprint density at radius 1 is 1.12 bits per heavy atom. The predicted octanol–water partition coefficient (Wildman–Crippen LogP) is 2.55. The van der Waals surface area contributed by atoms with Crippen LogP contribution in [0.15, 0.2) is 42.5 Å². The summed E-state index contributed by atoms with van der Waals surface area (Å²) in [4.78, 5) is 10.1. The van der Waals surface area contributed by atoms with E-state index in [0.717, 1.165) is 5.56 Å². The number of nitro groups is 1. The van der Waals surface area contributed by atoms with Crippen molar-refractivity contribution in [1.82, 2.24) is 0 Å². The average molecular weight is 230 g/mol. The smallest absolute Gasteiger partial charge is 0.311 e. The van der Waals surface area contributed by atoms with E-state index in [1.54, 1.807) is 30.3 Å². The summed E-state index contributed by atoms with van der Waals surface area (Å²) in [5.74, 6) is -0.345. The van der Waals surface area contributed by atoms with E-state index in [0.29, 0.717) is 11.3 Å². The lowest BCUT2D eigenvalue weighted by molar-refractivity contribution is -0.385. The molecule has 2 rings (SSSR count). The SMILES string of the molecule is Nc1cccc(-c2ccc(O)c([N+](=O)[O-])c2)c1. The Labute approximate surface area is 97.3 Å². The van der Waals surface area contributed by atoms with Gasteiger partial charge < -0.3 is 10.8 Å². The Morgan fingerprint density at radius 3 is 2.47 bits per heavy atom. The summed E-state index contributed by atoms with van der Waals surface area (Å²) in [5, 5.41) is 20.0. The fourth-order valence-electron chi connectivity index (χ4n) is 1.57. The maximum Gasteiger partial charge on any atom is 0.311 e.